The maximum absolute atomic E-state index is 12.4. The lowest BCUT2D eigenvalue weighted by atomic mass is 10.1. The minimum absolute atomic E-state index is 0.0409. The van der Waals surface area contributed by atoms with Crippen molar-refractivity contribution in [3.8, 4) is 0 Å². The Bertz CT molecular complexity index is 725. The second-order valence-corrected chi connectivity index (χ2v) is 8.71. The molecule has 0 atom stereocenters. The highest BCUT2D eigenvalue weighted by Crippen LogP contribution is 2.28. The van der Waals surface area contributed by atoms with Gasteiger partial charge in [-0.2, -0.15) is 0 Å². The molecule has 138 valence electrons. The van der Waals surface area contributed by atoms with Crippen LogP contribution in [0, 0.1) is 12.8 Å². The van der Waals surface area contributed by atoms with Gasteiger partial charge in [0.1, 0.15) is 0 Å². The van der Waals surface area contributed by atoms with E-state index < -0.39 is 10.0 Å². The van der Waals surface area contributed by atoms with Crippen LogP contribution in [0.15, 0.2) is 23.1 Å². The second kappa shape index (κ2) is 7.85. The smallest absolute Gasteiger partial charge is 0.251 e. The highest BCUT2D eigenvalue weighted by atomic mass is 32.2. The largest absolute Gasteiger partial charge is 0.381 e. The topological polar surface area (TPSA) is 84.5 Å². The molecule has 25 heavy (non-hydrogen) atoms. The fourth-order valence-electron chi connectivity index (χ4n) is 2.51. The van der Waals surface area contributed by atoms with Crippen molar-refractivity contribution < 1.29 is 17.9 Å². The SMILES string of the molecule is Cc1ccc(S(=O)(=O)NC2CC2)cc1C(=O)NCCCOCC1CC1. The van der Waals surface area contributed by atoms with E-state index in [1.807, 2.05) is 0 Å². The molecule has 2 N–H and O–H groups in total. The van der Waals surface area contributed by atoms with E-state index in [9.17, 15) is 13.2 Å². The summed E-state index contributed by atoms with van der Waals surface area (Å²) in [6, 6.07) is 4.72. The van der Waals surface area contributed by atoms with Crippen LogP contribution in [0.1, 0.15) is 48.0 Å². The molecule has 2 fully saturated rings. The van der Waals surface area contributed by atoms with Crippen molar-refractivity contribution in [2.45, 2.75) is 50.0 Å². The molecular formula is C18H26N2O4S. The van der Waals surface area contributed by atoms with Crippen molar-refractivity contribution in [1.29, 1.82) is 0 Å². The van der Waals surface area contributed by atoms with Crippen LogP contribution >= 0.6 is 0 Å². The minimum Gasteiger partial charge on any atom is -0.381 e. The molecular weight excluding hydrogens is 340 g/mol. The van der Waals surface area contributed by atoms with Gasteiger partial charge in [0.25, 0.3) is 5.91 Å². The predicted octanol–water partition coefficient (Wildman–Crippen LogP) is 1.98. The summed E-state index contributed by atoms with van der Waals surface area (Å²) in [5.74, 6) is 0.495. The Kier molecular flexibility index (Phi) is 5.76. The maximum Gasteiger partial charge on any atom is 0.251 e. The number of carbonyl (C=O) groups excluding carboxylic acids is 1. The molecule has 6 nitrogen and oxygen atoms in total. The minimum atomic E-state index is -3.55. The van der Waals surface area contributed by atoms with Gasteiger partial charge < -0.3 is 10.1 Å². The van der Waals surface area contributed by atoms with Crippen molar-refractivity contribution in [2.24, 2.45) is 5.92 Å². The summed E-state index contributed by atoms with van der Waals surface area (Å²) in [6.07, 6.45) is 5.04. The monoisotopic (exact) mass is 366 g/mol. The first-order valence-corrected chi connectivity index (χ1v) is 10.4. The van der Waals surface area contributed by atoms with E-state index >= 15 is 0 Å². The number of nitrogens with one attached hydrogen (secondary N) is 2. The molecule has 0 saturated heterocycles. The number of benzene rings is 1. The quantitative estimate of drug-likeness (QED) is 0.620. The molecule has 0 heterocycles. The highest BCUT2D eigenvalue weighted by molar-refractivity contribution is 7.89. The molecule has 0 aliphatic heterocycles. The van der Waals surface area contributed by atoms with Gasteiger partial charge in [-0.25, -0.2) is 13.1 Å². The Morgan fingerprint density at radius 3 is 2.68 bits per heavy atom. The van der Waals surface area contributed by atoms with E-state index in [1.54, 1.807) is 19.1 Å². The van der Waals surface area contributed by atoms with Crippen molar-refractivity contribution in [1.82, 2.24) is 10.0 Å². The molecule has 0 unspecified atom stereocenters. The predicted molar refractivity (Wildman–Crippen MR) is 95.0 cm³/mol. The highest BCUT2D eigenvalue weighted by Gasteiger charge is 2.28. The van der Waals surface area contributed by atoms with Crippen molar-refractivity contribution in [3.05, 3.63) is 29.3 Å². The molecule has 0 radical (unpaired) electrons. The van der Waals surface area contributed by atoms with Crippen LogP contribution in [0.25, 0.3) is 0 Å². The van der Waals surface area contributed by atoms with Gasteiger partial charge in [0.2, 0.25) is 10.0 Å². The van der Waals surface area contributed by atoms with Crippen LogP contribution < -0.4 is 10.0 Å². The van der Waals surface area contributed by atoms with Gasteiger partial charge in [0, 0.05) is 31.4 Å². The van der Waals surface area contributed by atoms with Crippen molar-refractivity contribution in [3.63, 3.8) is 0 Å². The van der Waals surface area contributed by atoms with E-state index in [1.165, 1.54) is 18.9 Å². The van der Waals surface area contributed by atoms with Gasteiger partial charge in [-0.15, -0.1) is 0 Å². The third-order valence-corrected chi connectivity index (χ3v) is 5.98. The number of hydrogen-bond acceptors (Lipinski definition) is 4. The van der Waals surface area contributed by atoms with Gasteiger partial charge in [0.05, 0.1) is 4.90 Å². The molecule has 0 bridgehead atoms. The van der Waals surface area contributed by atoms with Crippen LogP contribution in [0.4, 0.5) is 0 Å². The Morgan fingerprint density at radius 2 is 2.00 bits per heavy atom. The summed E-state index contributed by atoms with van der Waals surface area (Å²) in [7, 11) is -3.55. The molecule has 1 aromatic rings. The third kappa shape index (κ3) is 5.52. The molecule has 1 aromatic carbocycles. The summed E-state index contributed by atoms with van der Waals surface area (Å²) in [5, 5.41) is 2.84. The number of aryl methyl sites for hydroxylation is 1. The first kappa shape index (κ1) is 18.4. The van der Waals surface area contributed by atoms with Crippen LogP contribution in [-0.4, -0.2) is 40.1 Å². The molecule has 2 aliphatic carbocycles. The van der Waals surface area contributed by atoms with E-state index in [0.29, 0.717) is 18.7 Å². The van der Waals surface area contributed by atoms with Crippen LogP contribution in [0.5, 0.6) is 0 Å². The lowest BCUT2D eigenvalue weighted by molar-refractivity contribution is 0.0936. The molecule has 1 amide bonds. The average Bonchev–Trinajstić information content (AvgIpc) is 3.46. The zero-order chi connectivity index (χ0) is 17.9. The molecule has 2 aliphatic rings. The Balaban J connectivity index is 1.52. The number of hydrogen-bond donors (Lipinski definition) is 2. The fraction of sp³-hybridized carbons (Fsp3) is 0.611. The summed E-state index contributed by atoms with van der Waals surface area (Å²) < 4.78 is 32.8. The Morgan fingerprint density at radius 1 is 1.24 bits per heavy atom. The third-order valence-electron chi connectivity index (χ3n) is 4.46. The number of carbonyl (C=O) groups is 1. The summed E-state index contributed by atoms with van der Waals surface area (Å²) >= 11 is 0. The summed E-state index contributed by atoms with van der Waals surface area (Å²) in [6.45, 7) is 3.77. The van der Waals surface area contributed by atoms with Gasteiger partial charge >= 0.3 is 0 Å². The summed E-state index contributed by atoms with van der Waals surface area (Å²) in [5.41, 5.74) is 1.16. The maximum atomic E-state index is 12.4. The molecule has 2 saturated carbocycles. The summed E-state index contributed by atoms with van der Waals surface area (Å²) in [4.78, 5) is 12.5. The molecule has 3 rings (SSSR count). The van der Waals surface area contributed by atoms with Crippen molar-refractivity contribution >= 4 is 15.9 Å². The first-order chi connectivity index (χ1) is 12.0. The Hall–Kier alpha value is -1.44. The normalized spacial score (nSPS) is 17.5. The number of sulfonamides is 1. The standard InChI is InChI=1S/C18H26N2O4S/c1-13-3-8-16(25(22,23)20-15-6-7-15)11-17(13)18(21)19-9-2-10-24-12-14-4-5-14/h3,8,11,14-15,20H,2,4-7,9-10,12H2,1H3,(H,19,21). The lowest BCUT2D eigenvalue weighted by Crippen LogP contribution is -2.28. The van der Waals surface area contributed by atoms with Gasteiger partial charge in [-0.1, -0.05) is 6.07 Å². The molecule has 7 heteroatoms. The van der Waals surface area contributed by atoms with E-state index in [0.717, 1.165) is 37.4 Å². The lowest BCUT2D eigenvalue weighted by Gasteiger charge is -2.11. The average molecular weight is 366 g/mol. The van der Waals surface area contributed by atoms with E-state index in [2.05, 4.69) is 10.0 Å². The van der Waals surface area contributed by atoms with E-state index in [4.69, 9.17) is 4.74 Å². The van der Waals surface area contributed by atoms with Crippen molar-refractivity contribution in [2.75, 3.05) is 19.8 Å². The van der Waals surface area contributed by atoms with Crippen LogP contribution in [0.2, 0.25) is 0 Å². The van der Waals surface area contributed by atoms with Gasteiger partial charge in [0.15, 0.2) is 0 Å². The second-order valence-electron chi connectivity index (χ2n) is 7.00. The number of rotatable bonds is 10. The van der Waals surface area contributed by atoms with E-state index in [-0.39, 0.29) is 16.8 Å². The van der Waals surface area contributed by atoms with Gasteiger partial charge in [-0.3, -0.25) is 4.79 Å². The fourth-order valence-corrected chi connectivity index (χ4v) is 3.84. The number of ether oxygens (including phenoxy) is 1. The van der Waals surface area contributed by atoms with Gasteiger partial charge in [-0.05, 0) is 62.6 Å². The number of amides is 1. The zero-order valence-electron chi connectivity index (χ0n) is 14.6. The van der Waals surface area contributed by atoms with Crippen LogP contribution in [0.3, 0.4) is 0 Å². The Labute approximate surface area is 149 Å². The zero-order valence-corrected chi connectivity index (χ0v) is 15.4. The molecule has 0 aromatic heterocycles. The molecule has 0 spiro atoms. The first-order valence-electron chi connectivity index (χ1n) is 8.94. The van der Waals surface area contributed by atoms with Crippen LogP contribution in [-0.2, 0) is 14.8 Å².